The highest BCUT2D eigenvalue weighted by Crippen LogP contribution is 2.30. The van der Waals surface area contributed by atoms with Gasteiger partial charge in [-0.15, -0.1) is 0 Å². The van der Waals surface area contributed by atoms with Crippen molar-refractivity contribution in [1.29, 1.82) is 0 Å². The lowest BCUT2D eigenvalue weighted by atomic mass is 10.1. The smallest absolute Gasteiger partial charge is 0.337 e. The summed E-state index contributed by atoms with van der Waals surface area (Å²) < 4.78 is 11.7. The van der Waals surface area contributed by atoms with Gasteiger partial charge in [0.05, 0.1) is 18.4 Å². The molecule has 9 nitrogen and oxygen atoms in total. The number of aromatic nitrogens is 2. The molecule has 0 amide bonds. The van der Waals surface area contributed by atoms with E-state index in [1.165, 1.54) is 23.8 Å². The third-order valence-electron chi connectivity index (χ3n) is 4.73. The van der Waals surface area contributed by atoms with Crippen LogP contribution in [0.25, 0.3) is 11.3 Å². The summed E-state index contributed by atoms with van der Waals surface area (Å²) in [5.74, 6) is -1.14. The number of hydrogen-bond acceptors (Lipinski definition) is 8. The van der Waals surface area contributed by atoms with Gasteiger partial charge in [-0.1, -0.05) is 30.3 Å². The van der Waals surface area contributed by atoms with Gasteiger partial charge in [-0.3, -0.25) is 14.2 Å². The predicted molar refractivity (Wildman–Crippen MR) is 132 cm³/mol. The van der Waals surface area contributed by atoms with Crippen LogP contribution in [-0.2, 0) is 27.4 Å². The van der Waals surface area contributed by atoms with Gasteiger partial charge in [-0.25, -0.2) is 9.78 Å². The summed E-state index contributed by atoms with van der Waals surface area (Å²) in [7, 11) is 1.26. The van der Waals surface area contributed by atoms with E-state index in [-0.39, 0.29) is 46.6 Å². The summed E-state index contributed by atoms with van der Waals surface area (Å²) in [5, 5.41) is 2.99. The molecule has 0 spiro atoms. The van der Waals surface area contributed by atoms with Gasteiger partial charge in [0.2, 0.25) is 0 Å². The maximum atomic E-state index is 13.3. The summed E-state index contributed by atoms with van der Waals surface area (Å²) in [6.07, 6.45) is 0. The molecule has 10 heteroatoms. The third-order valence-corrected chi connectivity index (χ3v) is 5.28. The number of nitrogens with one attached hydrogen (secondary N) is 1. The number of benzene rings is 2. The molecule has 2 aromatic carbocycles. The Morgan fingerprint density at radius 3 is 2.53 bits per heavy atom. The molecule has 3 rings (SSSR count). The first-order chi connectivity index (χ1) is 16.2. The number of nitrogens with zero attached hydrogens (tertiary/aromatic N) is 2. The molecule has 1 aromatic heterocycles. The van der Waals surface area contributed by atoms with Crippen LogP contribution in [-0.4, -0.2) is 34.6 Å². The third kappa shape index (κ3) is 6.02. The van der Waals surface area contributed by atoms with Crippen molar-refractivity contribution in [3.63, 3.8) is 0 Å². The van der Waals surface area contributed by atoms with Crippen LogP contribution in [0.4, 0.5) is 11.5 Å². The van der Waals surface area contributed by atoms with Crippen LogP contribution in [0.15, 0.2) is 57.9 Å². The van der Waals surface area contributed by atoms with Gasteiger partial charge >= 0.3 is 11.9 Å². The van der Waals surface area contributed by atoms with Crippen molar-refractivity contribution in [1.82, 2.24) is 9.55 Å². The maximum absolute atomic E-state index is 13.3. The second-order valence-corrected chi connectivity index (χ2v) is 8.52. The number of carbonyl (C=O) groups excluding carboxylic acids is 2. The number of halogens is 1. The highest BCUT2D eigenvalue weighted by atomic mass is 79.9. The summed E-state index contributed by atoms with van der Waals surface area (Å²) in [6.45, 7) is 3.42. The lowest BCUT2D eigenvalue weighted by Gasteiger charge is -2.18. The Balaban J connectivity index is 2.06. The van der Waals surface area contributed by atoms with Gasteiger partial charge in [0.15, 0.2) is 5.82 Å². The quantitative estimate of drug-likeness (QED) is 0.335. The number of nitrogens with two attached hydrogens (primary N) is 1. The topological polar surface area (TPSA) is 126 Å². The zero-order valence-electron chi connectivity index (χ0n) is 19.0. The molecular weight excluding hydrogens is 504 g/mol. The predicted octanol–water partition coefficient (Wildman–Crippen LogP) is 3.61. The number of hydrogen-bond donors (Lipinski definition) is 2. The fraction of sp³-hybridized carbons (Fsp3) is 0.250. The summed E-state index contributed by atoms with van der Waals surface area (Å²) in [4.78, 5) is 42.5. The van der Waals surface area contributed by atoms with Gasteiger partial charge in [-0.2, -0.15) is 0 Å². The van der Waals surface area contributed by atoms with Crippen LogP contribution in [0, 0.1) is 0 Å². The van der Waals surface area contributed by atoms with Gasteiger partial charge < -0.3 is 20.5 Å². The normalized spacial score (nSPS) is 10.7. The van der Waals surface area contributed by atoms with E-state index >= 15 is 0 Å². The molecule has 0 aliphatic heterocycles. The van der Waals surface area contributed by atoms with E-state index in [1.807, 2.05) is 44.2 Å². The van der Waals surface area contributed by atoms with Crippen molar-refractivity contribution in [2.24, 2.45) is 0 Å². The van der Waals surface area contributed by atoms with Gasteiger partial charge in [-0.05, 0) is 53.5 Å². The number of rotatable bonds is 8. The number of carbonyl (C=O) groups is 2. The monoisotopic (exact) mass is 528 g/mol. The molecule has 0 unspecified atom stereocenters. The highest BCUT2D eigenvalue weighted by molar-refractivity contribution is 9.10. The molecular formula is C24H25BrN4O5. The van der Waals surface area contributed by atoms with Crippen molar-refractivity contribution in [2.45, 2.75) is 33.0 Å². The van der Waals surface area contributed by atoms with Crippen molar-refractivity contribution in [3.8, 4) is 11.3 Å². The molecule has 0 bridgehead atoms. The average Bonchev–Trinajstić information content (AvgIpc) is 2.80. The minimum Gasteiger partial charge on any atom is -0.465 e. The van der Waals surface area contributed by atoms with Gasteiger partial charge in [0.25, 0.3) is 5.56 Å². The first kappa shape index (κ1) is 25.0. The number of ether oxygens (including phenoxy) is 2. The van der Waals surface area contributed by atoms with E-state index in [4.69, 9.17) is 15.2 Å². The summed E-state index contributed by atoms with van der Waals surface area (Å²) in [5.41, 5.74) is 7.45. The van der Waals surface area contributed by atoms with E-state index in [0.29, 0.717) is 5.56 Å². The lowest BCUT2D eigenvalue weighted by Crippen LogP contribution is -2.31. The minimum atomic E-state index is -0.613. The number of esters is 2. The molecule has 1 heterocycles. The highest BCUT2D eigenvalue weighted by Gasteiger charge is 2.21. The number of anilines is 2. The second kappa shape index (κ2) is 11.0. The molecule has 34 heavy (non-hydrogen) atoms. The second-order valence-electron chi connectivity index (χ2n) is 7.77. The van der Waals surface area contributed by atoms with Crippen LogP contribution in [0.2, 0.25) is 0 Å². The van der Waals surface area contributed by atoms with E-state index in [0.717, 1.165) is 5.56 Å². The molecule has 0 aliphatic rings. The zero-order chi connectivity index (χ0) is 24.8. The molecule has 178 valence electrons. The first-order valence-corrected chi connectivity index (χ1v) is 11.2. The maximum Gasteiger partial charge on any atom is 0.337 e. The molecule has 0 fully saturated rings. The Morgan fingerprint density at radius 1 is 1.18 bits per heavy atom. The fourth-order valence-electron chi connectivity index (χ4n) is 3.27. The van der Waals surface area contributed by atoms with E-state index in [2.05, 4.69) is 26.2 Å². The number of methoxy groups -OCH3 is 1. The van der Waals surface area contributed by atoms with Gasteiger partial charge in [0, 0.05) is 17.3 Å². The zero-order valence-corrected chi connectivity index (χ0v) is 20.6. The molecule has 0 radical (unpaired) electrons. The molecule has 3 N–H and O–H groups in total. The molecule has 0 aliphatic carbocycles. The van der Waals surface area contributed by atoms with E-state index in [9.17, 15) is 14.4 Å². The van der Waals surface area contributed by atoms with E-state index in [1.54, 1.807) is 6.07 Å². The molecule has 0 atom stereocenters. The molecule has 3 aromatic rings. The Hall–Kier alpha value is -3.66. The Bertz CT molecular complexity index is 1260. The van der Waals surface area contributed by atoms with Gasteiger partial charge in [0.1, 0.15) is 17.8 Å². The fourth-order valence-corrected chi connectivity index (χ4v) is 3.89. The Labute approximate surface area is 205 Å². The van der Waals surface area contributed by atoms with Crippen LogP contribution in [0.1, 0.15) is 29.8 Å². The standard InChI is InChI=1S/C24H25BrN4O5/c1-14(2)27-22-23(31)29(12-19(30)34-13-15-7-5-4-6-8-15)20(21(25)28-22)16-9-17(24(32)33-3)11-18(26)10-16/h4-11,14H,12-13,26H2,1-3H3,(H,27,28). The SMILES string of the molecule is COC(=O)c1cc(N)cc(-c2c(Br)nc(NC(C)C)c(=O)n2CC(=O)OCc2ccccc2)c1. The van der Waals surface area contributed by atoms with Crippen LogP contribution in [0.5, 0.6) is 0 Å². The van der Waals surface area contributed by atoms with Crippen molar-refractivity contribution < 1.29 is 19.1 Å². The number of nitrogen functional groups attached to an aromatic ring is 1. The summed E-state index contributed by atoms with van der Waals surface area (Å²) in [6, 6.07) is 13.7. The average molecular weight is 529 g/mol. The molecule has 0 saturated carbocycles. The van der Waals surface area contributed by atoms with Crippen LogP contribution >= 0.6 is 15.9 Å². The minimum absolute atomic E-state index is 0.0673. The molecule has 0 saturated heterocycles. The van der Waals surface area contributed by atoms with Crippen molar-refractivity contribution in [2.75, 3.05) is 18.2 Å². The van der Waals surface area contributed by atoms with Crippen LogP contribution in [0.3, 0.4) is 0 Å². The van der Waals surface area contributed by atoms with Crippen molar-refractivity contribution in [3.05, 3.63) is 74.6 Å². The Kier molecular flexibility index (Phi) is 8.06. The van der Waals surface area contributed by atoms with Crippen molar-refractivity contribution >= 4 is 39.4 Å². The Morgan fingerprint density at radius 2 is 1.88 bits per heavy atom. The van der Waals surface area contributed by atoms with Crippen LogP contribution < -0.4 is 16.6 Å². The largest absolute Gasteiger partial charge is 0.465 e. The lowest BCUT2D eigenvalue weighted by molar-refractivity contribution is -0.145. The summed E-state index contributed by atoms with van der Waals surface area (Å²) >= 11 is 3.41. The van der Waals surface area contributed by atoms with E-state index < -0.39 is 17.5 Å². The first-order valence-electron chi connectivity index (χ1n) is 10.4.